The topological polar surface area (TPSA) is 38.4 Å². The number of hydrogen-bond donors (Lipinski definition) is 2. The van der Waals surface area contributed by atoms with Gasteiger partial charge < -0.3 is 19.4 Å². The number of hydrogen-bond acceptors (Lipinski definition) is 3. The molecule has 0 bridgehead atoms. The molecule has 2 N–H and O–H groups in total. The van der Waals surface area contributed by atoms with Crippen molar-refractivity contribution in [2.75, 3.05) is 46.4 Å². The van der Waals surface area contributed by atoms with Crippen LogP contribution in [-0.2, 0) is 24.3 Å². The third kappa shape index (κ3) is 4.57. The van der Waals surface area contributed by atoms with Gasteiger partial charge in [-0.3, -0.25) is 4.79 Å². The van der Waals surface area contributed by atoms with Crippen LogP contribution in [0.1, 0.15) is 21.6 Å². The number of piperazine rings is 1. The smallest absolute Gasteiger partial charge is 0.277 e. The third-order valence-electron chi connectivity index (χ3n) is 6.05. The summed E-state index contributed by atoms with van der Waals surface area (Å²) >= 11 is 1.74. The number of ether oxygens (including phenoxy) is 1. The number of aryl methyl sites for hydroxylation is 1. The number of carbonyl (C=O) groups is 1. The van der Waals surface area contributed by atoms with Crippen molar-refractivity contribution in [3.05, 3.63) is 51.2 Å². The molecule has 1 aromatic carbocycles. The zero-order valence-corrected chi connectivity index (χ0v) is 17.7. The van der Waals surface area contributed by atoms with Gasteiger partial charge in [0.05, 0.1) is 13.2 Å². The van der Waals surface area contributed by atoms with Gasteiger partial charge in [-0.1, -0.05) is 0 Å². The second-order valence-corrected chi connectivity index (χ2v) is 9.17. The minimum Gasteiger partial charge on any atom is -0.493 e. The van der Waals surface area contributed by atoms with Crippen LogP contribution >= 0.6 is 11.3 Å². The maximum absolute atomic E-state index is 12.6. The first-order chi connectivity index (χ1) is 13.6. The average molecular weight is 402 g/mol. The first-order valence-corrected chi connectivity index (χ1v) is 11.1. The number of quaternary nitrogens is 2. The Bertz CT molecular complexity index is 827. The highest BCUT2D eigenvalue weighted by atomic mass is 32.1. The van der Waals surface area contributed by atoms with Crippen molar-refractivity contribution in [2.45, 2.75) is 26.4 Å². The summed E-state index contributed by atoms with van der Waals surface area (Å²) in [6.07, 6.45) is 1.04. The number of amides is 1. The van der Waals surface area contributed by atoms with Crippen LogP contribution in [0, 0.1) is 6.92 Å². The van der Waals surface area contributed by atoms with Crippen molar-refractivity contribution < 1.29 is 19.3 Å². The largest absolute Gasteiger partial charge is 0.493 e. The van der Waals surface area contributed by atoms with E-state index in [2.05, 4.69) is 36.6 Å². The van der Waals surface area contributed by atoms with Crippen LogP contribution in [0.5, 0.6) is 5.75 Å². The molecule has 1 saturated heterocycles. The molecular formula is C22H31N3O2S+2. The minimum absolute atomic E-state index is 0.255. The van der Waals surface area contributed by atoms with E-state index in [-0.39, 0.29) is 5.91 Å². The SMILES string of the molecule is Cc1ccsc1CN(C)C(=O)C[NH+]1CC[NH+](Cc2ccc3c(c2)CCO3)CC1. The summed E-state index contributed by atoms with van der Waals surface area (Å²) in [5.41, 5.74) is 4.05. The van der Waals surface area contributed by atoms with Crippen LogP contribution in [0.3, 0.4) is 0 Å². The van der Waals surface area contributed by atoms with Gasteiger partial charge in [0.1, 0.15) is 38.5 Å². The van der Waals surface area contributed by atoms with Crippen molar-refractivity contribution >= 4 is 17.2 Å². The molecule has 4 rings (SSSR count). The molecule has 5 nitrogen and oxygen atoms in total. The highest BCUT2D eigenvalue weighted by Crippen LogP contribution is 2.25. The maximum Gasteiger partial charge on any atom is 0.277 e. The lowest BCUT2D eigenvalue weighted by atomic mass is 10.1. The Labute approximate surface area is 171 Å². The minimum atomic E-state index is 0.255. The van der Waals surface area contributed by atoms with E-state index in [1.54, 1.807) is 16.2 Å². The fraction of sp³-hybridized carbons (Fsp3) is 0.500. The van der Waals surface area contributed by atoms with Gasteiger partial charge in [0.15, 0.2) is 6.54 Å². The van der Waals surface area contributed by atoms with Crippen molar-refractivity contribution in [1.82, 2.24) is 4.90 Å². The molecular weight excluding hydrogens is 370 g/mol. The number of thiophene rings is 1. The number of nitrogens with one attached hydrogen (secondary N) is 2. The predicted octanol–water partition coefficient (Wildman–Crippen LogP) is -0.0666. The molecule has 2 aliphatic heterocycles. The molecule has 0 radical (unpaired) electrons. The molecule has 0 saturated carbocycles. The van der Waals surface area contributed by atoms with Gasteiger partial charge >= 0.3 is 0 Å². The second kappa shape index (κ2) is 8.64. The summed E-state index contributed by atoms with van der Waals surface area (Å²) in [5.74, 6) is 1.32. The molecule has 28 heavy (non-hydrogen) atoms. The fourth-order valence-corrected chi connectivity index (χ4v) is 5.13. The number of likely N-dealkylation sites (N-methyl/N-ethyl adjacent to an activating group) is 1. The molecule has 1 aromatic heterocycles. The maximum atomic E-state index is 12.6. The summed E-state index contributed by atoms with van der Waals surface area (Å²) in [6.45, 7) is 9.76. The summed E-state index contributed by atoms with van der Waals surface area (Å²) in [7, 11) is 1.93. The van der Waals surface area contributed by atoms with Gasteiger partial charge in [0.2, 0.25) is 0 Å². The number of nitrogens with zero attached hydrogens (tertiary/aromatic N) is 1. The van der Waals surface area contributed by atoms with Gasteiger partial charge in [-0.05, 0) is 47.7 Å². The Morgan fingerprint density at radius 3 is 2.71 bits per heavy atom. The quantitative estimate of drug-likeness (QED) is 0.712. The highest BCUT2D eigenvalue weighted by molar-refractivity contribution is 7.10. The van der Waals surface area contributed by atoms with Crippen molar-refractivity contribution in [2.24, 2.45) is 0 Å². The van der Waals surface area contributed by atoms with E-state index in [0.29, 0.717) is 6.54 Å². The standard InChI is InChI=1S/C22H29N3O2S/c1-17-6-12-28-21(17)15-23(2)22(26)16-25-9-7-24(8-10-25)14-18-3-4-20-19(13-18)5-11-27-20/h3-4,6,12-13H,5,7-11,14-16H2,1-2H3/p+2. The average Bonchev–Trinajstić information content (AvgIpc) is 3.32. The van der Waals surface area contributed by atoms with E-state index in [0.717, 1.165) is 58.0 Å². The second-order valence-electron chi connectivity index (χ2n) is 8.17. The van der Waals surface area contributed by atoms with Crippen molar-refractivity contribution in [3.63, 3.8) is 0 Å². The van der Waals surface area contributed by atoms with E-state index in [1.807, 2.05) is 11.9 Å². The zero-order valence-electron chi connectivity index (χ0n) is 16.9. The summed E-state index contributed by atoms with van der Waals surface area (Å²) in [5, 5.41) is 2.10. The van der Waals surface area contributed by atoms with Gasteiger partial charge in [-0.25, -0.2) is 0 Å². The van der Waals surface area contributed by atoms with Crippen LogP contribution in [0.25, 0.3) is 0 Å². The van der Waals surface area contributed by atoms with Crippen LogP contribution in [0.2, 0.25) is 0 Å². The zero-order chi connectivity index (χ0) is 19.5. The molecule has 150 valence electrons. The molecule has 1 fully saturated rings. The van der Waals surface area contributed by atoms with Crippen molar-refractivity contribution in [1.29, 1.82) is 0 Å². The number of carbonyl (C=O) groups excluding carboxylic acids is 1. The van der Waals surface area contributed by atoms with E-state index >= 15 is 0 Å². The fourth-order valence-electron chi connectivity index (χ4n) is 4.17. The Kier molecular flexibility index (Phi) is 5.99. The number of benzene rings is 1. The Hall–Kier alpha value is -1.89. The molecule has 2 aliphatic rings. The van der Waals surface area contributed by atoms with Crippen molar-refractivity contribution in [3.8, 4) is 5.75 Å². The summed E-state index contributed by atoms with van der Waals surface area (Å²) < 4.78 is 5.61. The lowest BCUT2D eigenvalue weighted by molar-refractivity contribution is -1.02. The highest BCUT2D eigenvalue weighted by Gasteiger charge is 2.26. The lowest BCUT2D eigenvalue weighted by Gasteiger charge is -2.30. The molecule has 6 heteroatoms. The normalized spacial score (nSPS) is 21.2. The molecule has 0 spiro atoms. The van der Waals surface area contributed by atoms with Gasteiger partial charge in [0, 0.05) is 23.9 Å². The van der Waals surface area contributed by atoms with Crippen LogP contribution in [0.4, 0.5) is 0 Å². The van der Waals surface area contributed by atoms with E-state index < -0.39 is 0 Å². The first-order valence-electron chi connectivity index (χ1n) is 10.3. The van der Waals surface area contributed by atoms with Crippen LogP contribution in [0.15, 0.2) is 29.6 Å². The summed E-state index contributed by atoms with van der Waals surface area (Å²) in [4.78, 5) is 18.8. The van der Waals surface area contributed by atoms with E-state index in [1.165, 1.54) is 26.5 Å². The molecule has 2 aromatic rings. The molecule has 3 heterocycles. The summed E-state index contributed by atoms with van der Waals surface area (Å²) in [6, 6.07) is 8.78. The third-order valence-corrected chi connectivity index (χ3v) is 7.06. The lowest BCUT2D eigenvalue weighted by Crippen LogP contribution is -3.28. The first kappa shape index (κ1) is 19.4. The Morgan fingerprint density at radius 1 is 1.18 bits per heavy atom. The molecule has 0 atom stereocenters. The Balaban J connectivity index is 1.23. The van der Waals surface area contributed by atoms with Crippen LogP contribution in [-0.4, -0.2) is 57.2 Å². The number of fused-ring (bicyclic) bond motifs is 1. The van der Waals surface area contributed by atoms with E-state index in [9.17, 15) is 4.79 Å². The Morgan fingerprint density at radius 2 is 1.96 bits per heavy atom. The predicted molar refractivity (Wildman–Crippen MR) is 111 cm³/mol. The van der Waals surface area contributed by atoms with E-state index in [4.69, 9.17) is 4.74 Å². The monoisotopic (exact) mass is 401 g/mol. The van der Waals surface area contributed by atoms with Gasteiger partial charge in [-0.15, -0.1) is 11.3 Å². The number of rotatable bonds is 6. The van der Waals surface area contributed by atoms with Crippen LogP contribution < -0.4 is 14.5 Å². The van der Waals surface area contributed by atoms with Gasteiger partial charge in [0.25, 0.3) is 5.91 Å². The molecule has 1 amide bonds. The molecule has 0 aliphatic carbocycles. The van der Waals surface area contributed by atoms with Gasteiger partial charge in [-0.2, -0.15) is 0 Å². The molecule has 0 unspecified atom stereocenters.